The van der Waals surface area contributed by atoms with Gasteiger partial charge in [-0.1, -0.05) is 35.9 Å². The number of hydrogen-bond donors (Lipinski definition) is 2. The molecule has 0 unspecified atom stereocenters. The SMILES string of the molecule is NC(=O)CNC(=O)c1cccc(-c2cccc3oc(Cc4cc(F)cc(Cl)c4)cc23)c1. The predicted octanol–water partition coefficient (Wildman–Crippen LogP) is 4.70. The normalized spacial score (nSPS) is 10.9. The topological polar surface area (TPSA) is 85.3 Å². The maximum Gasteiger partial charge on any atom is 0.251 e. The van der Waals surface area contributed by atoms with E-state index in [1.165, 1.54) is 12.1 Å². The van der Waals surface area contributed by atoms with Crippen LogP contribution in [0.3, 0.4) is 0 Å². The van der Waals surface area contributed by atoms with Gasteiger partial charge in [-0.15, -0.1) is 0 Å². The number of carbonyl (C=O) groups excluding carboxylic acids is 2. The molecule has 0 aliphatic carbocycles. The number of hydrogen-bond acceptors (Lipinski definition) is 3. The molecule has 3 N–H and O–H groups in total. The van der Waals surface area contributed by atoms with Crippen LogP contribution in [0.2, 0.25) is 5.02 Å². The van der Waals surface area contributed by atoms with E-state index < -0.39 is 11.7 Å². The van der Waals surface area contributed by atoms with E-state index in [0.29, 0.717) is 33.9 Å². The molecule has 0 saturated carbocycles. The highest BCUT2D eigenvalue weighted by Gasteiger charge is 2.13. The Hall–Kier alpha value is -3.64. The summed E-state index contributed by atoms with van der Waals surface area (Å²) < 4.78 is 19.6. The van der Waals surface area contributed by atoms with Crippen LogP contribution in [0.15, 0.2) is 71.1 Å². The summed E-state index contributed by atoms with van der Waals surface area (Å²) in [4.78, 5) is 23.2. The van der Waals surface area contributed by atoms with Crippen molar-refractivity contribution in [2.45, 2.75) is 6.42 Å². The highest BCUT2D eigenvalue weighted by molar-refractivity contribution is 6.30. The van der Waals surface area contributed by atoms with Crippen LogP contribution in [0.1, 0.15) is 21.7 Å². The number of furan rings is 1. The highest BCUT2D eigenvalue weighted by Crippen LogP contribution is 2.32. The summed E-state index contributed by atoms with van der Waals surface area (Å²) in [6, 6.07) is 19.0. The van der Waals surface area contributed by atoms with Crippen molar-refractivity contribution in [3.8, 4) is 11.1 Å². The molecule has 4 aromatic rings. The Kier molecular flexibility index (Phi) is 5.73. The molecular formula is C24H18ClFN2O3. The van der Waals surface area contributed by atoms with Gasteiger partial charge in [0, 0.05) is 22.4 Å². The third kappa shape index (κ3) is 4.75. The molecule has 0 radical (unpaired) electrons. The second-order valence-corrected chi connectivity index (χ2v) is 7.55. The zero-order valence-corrected chi connectivity index (χ0v) is 17.1. The first-order valence-electron chi connectivity index (χ1n) is 9.52. The van der Waals surface area contributed by atoms with Crippen molar-refractivity contribution >= 4 is 34.4 Å². The van der Waals surface area contributed by atoms with Crippen molar-refractivity contribution in [3.63, 3.8) is 0 Å². The van der Waals surface area contributed by atoms with E-state index in [1.807, 2.05) is 30.3 Å². The first kappa shape index (κ1) is 20.6. The van der Waals surface area contributed by atoms with Gasteiger partial charge in [0.25, 0.3) is 5.91 Å². The summed E-state index contributed by atoms with van der Waals surface area (Å²) in [6.07, 6.45) is 0.390. The number of rotatable bonds is 6. The van der Waals surface area contributed by atoms with Crippen LogP contribution >= 0.6 is 11.6 Å². The molecule has 0 bridgehead atoms. The van der Waals surface area contributed by atoms with Crippen molar-refractivity contribution in [3.05, 3.63) is 94.5 Å². The van der Waals surface area contributed by atoms with Crippen LogP contribution < -0.4 is 11.1 Å². The van der Waals surface area contributed by atoms with E-state index in [4.69, 9.17) is 21.8 Å². The van der Waals surface area contributed by atoms with Crippen LogP contribution in [-0.2, 0) is 11.2 Å². The molecule has 2 amide bonds. The summed E-state index contributed by atoms with van der Waals surface area (Å²) in [5, 5.41) is 3.68. The van der Waals surface area contributed by atoms with Crippen molar-refractivity contribution < 1.29 is 18.4 Å². The molecule has 1 heterocycles. The number of primary amides is 1. The quantitative estimate of drug-likeness (QED) is 0.459. The fourth-order valence-electron chi connectivity index (χ4n) is 3.46. The predicted molar refractivity (Wildman–Crippen MR) is 117 cm³/mol. The molecule has 3 aromatic carbocycles. The summed E-state index contributed by atoms with van der Waals surface area (Å²) in [6.45, 7) is -0.228. The Morgan fingerprint density at radius 1 is 1.03 bits per heavy atom. The van der Waals surface area contributed by atoms with Crippen molar-refractivity contribution in [1.82, 2.24) is 5.32 Å². The lowest BCUT2D eigenvalue weighted by Gasteiger charge is -2.07. The lowest BCUT2D eigenvalue weighted by Crippen LogP contribution is -2.33. The Labute approximate surface area is 182 Å². The summed E-state index contributed by atoms with van der Waals surface area (Å²) in [7, 11) is 0. The van der Waals surface area contributed by atoms with Gasteiger partial charge < -0.3 is 15.5 Å². The maximum absolute atomic E-state index is 13.6. The number of amides is 2. The number of halogens is 2. The first-order valence-corrected chi connectivity index (χ1v) is 9.90. The molecule has 7 heteroatoms. The third-order valence-corrected chi connectivity index (χ3v) is 4.99. The van der Waals surface area contributed by atoms with E-state index in [0.717, 1.165) is 16.5 Å². The van der Waals surface area contributed by atoms with Crippen LogP contribution in [-0.4, -0.2) is 18.4 Å². The van der Waals surface area contributed by atoms with Gasteiger partial charge in [-0.25, -0.2) is 4.39 Å². The fraction of sp³-hybridized carbons (Fsp3) is 0.0833. The molecule has 5 nitrogen and oxygen atoms in total. The van der Waals surface area contributed by atoms with Gasteiger partial charge in [0.2, 0.25) is 5.91 Å². The van der Waals surface area contributed by atoms with E-state index in [-0.39, 0.29) is 12.5 Å². The molecule has 0 spiro atoms. The number of benzene rings is 3. The van der Waals surface area contributed by atoms with E-state index in [9.17, 15) is 14.0 Å². The third-order valence-electron chi connectivity index (χ3n) is 4.77. The Morgan fingerprint density at radius 2 is 1.84 bits per heavy atom. The highest BCUT2D eigenvalue weighted by atomic mass is 35.5. The number of nitrogens with two attached hydrogens (primary N) is 1. The Bertz CT molecular complexity index is 1280. The monoisotopic (exact) mass is 436 g/mol. The van der Waals surface area contributed by atoms with Gasteiger partial charge in [-0.3, -0.25) is 9.59 Å². The largest absolute Gasteiger partial charge is 0.461 e. The number of carbonyl (C=O) groups is 2. The molecule has 156 valence electrons. The lowest BCUT2D eigenvalue weighted by atomic mass is 9.99. The molecule has 31 heavy (non-hydrogen) atoms. The number of nitrogens with one attached hydrogen (secondary N) is 1. The van der Waals surface area contributed by atoms with Crippen LogP contribution in [0.4, 0.5) is 4.39 Å². The number of fused-ring (bicyclic) bond motifs is 1. The van der Waals surface area contributed by atoms with Crippen LogP contribution in [0.25, 0.3) is 22.1 Å². The van der Waals surface area contributed by atoms with Gasteiger partial charge in [-0.2, -0.15) is 0 Å². The van der Waals surface area contributed by atoms with E-state index in [2.05, 4.69) is 5.32 Å². The van der Waals surface area contributed by atoms with Crippen molar-refractivity contribution in [1.29, 1.82) is 0 Å². The van der Waals surface area contributed by atoms with Gasteiger partial charge in [-0.05, 0) is 59.2 Å². The van der Waals surface area contributed by atoms with E-state index in [1.54, 1.807) is 24.3 Å². The summed E-state index contributed by atoms with van der Waals surface area (Å²) >= 11 is 5.95. The zero-order valence-electron chi connectivity index (χ0n) is 16.3. The molecule has 0 fully saturated rings. The van der Waals surface area contributed by atoms with Gasteiger partial charge in [0.1, 0.15) is 17.2 Å². The van der Waals surface area contributed by atoms with Crippen molar-refractivity contribution in [2.75, 3.05) is 6.54 Å². The average Bonchev–Trinajstić information content (AvgIpc) is 3.13. The zero-order chi connectivity index (χ0) is 22.0. The lowest BCUT2D eigenvalue weighted by molar-refractivity contribution is -0.117. The summed E-state index contributed by atoms with van der Waals surface area (Å²) in [5.74, 6) is -0.728. The molecule has 0 saturated heterocycles. The van der Waals surface area contributed by atoms with Crippen LogP contribution in [0, 0.1) is 5.82 Å². The molecule has 0 aliphatic rings. The molecule has 0 aliphatic heterocycles. The standard InChI is InChI=1S/C24H18ClFN2O3/c25-17-7-14(8-18(26)11-17)9-19-12-21-20(5-2-6-22(21)31-19)15-3-1-4-16(10-15)24(30)28-13-23(27)29/h1-8,10-12H,9,13H2,(H2,27,29)(H,28,30). The van der Waals surface area contributed by atoms with Crippen molar-refractivity contribution in [2.24, 2.45) is 5.73 Å². The Morgan fingerprint density at radius 3 is 2.61 bits per heavy atom. The average molecular weight is 437 g/mol. The Balaban J connectivity index is 1.66. The van der Waals surface area contributed by atoms with Gasteiger partial charge >= 0.3 is 0 Å². The minimum Gasteiger partial charge on any atom is -0.461 e. The maximum atomic E-state index is 13.6. The minimum absolute atomic E-state index is 0.228. The molecular weight excluding hydrogens is 419 g/mol. The second-order valence-electron chi connectivity index (χ2n) is 7.11. The second kappa shape index (κ2) is 8.62. The molecule has 4 rings (SSSR count). The van der Waals surface area contributed by atoms with Gasteiger partial charge in [0.05, 0.1) is 6.54 Å². The van der Waals surface area contributed by atoms with E-state index >= 15 is 0 Å². The first-order chi connectivity index (χ1) is 14.9. The fourth-order valence-corrected chi connectivity index (χ4v) is 3.71. The smallest absolute Gasteiger partial charge is 0.251 e. The molecule has 0 atom stereocenters. The minimum atomic E-state index is -0.611. The molecule has 1 aromatic heterocycles. The van der Waals surface area contributed by atoms with Crippen LogP contribution in [0.5, 0.6) is 0 Å². The van der Waals surface area contributed by atoms with Gasteiger partial charge in [0.15, 0.2) is 0 Å². The summed E-state index contributed by atoms with van der Waals surface area (Å²) in [5.41, 5.74) is 8.58.